The van der Waals surface area contributed by atoms with Gasteiger partial charge in [0.05, 0.1) is 12.0 Å². The molecule has 0 aliphatic rings. The van der Waals surface area contributed by atoms with Crippen LogP contribution < -0.4 is 0 Å². The second-order valence-electron chi connectivity index (χ2n) is 5.02. The lowest BCUT2D eigenvalue weighted by atomic mass is 9.90. The molecule has 1 unspecified atom stereocenters. The van der Waals surface area contributed by atoms with E-state index >= 15 is 0 Å². The molecule has 0 aliphatic heterocycles. The van der Waals surface area contributed by atoms with E-state index in [4.69, 9.17) is 0 Å². The third kappa shape index (κ3) is 2.96. The van der Waals surface area contributed by atoms with Gasteiger partial charge in [-0.25, -0.2) is 9.67 Å². The summed E-state index contributed by atoms with van der Waals surface area (Å²) in [6, 6.07) is 0. The lowest BCUT2D eigenvalue weighted by Gasteiger charge is -2.33. The summed E-state index contributed by atoms with van der Waals surface area (Å²) in [5.74, 6) is 0.962. The smallest absolute Gasteiger partial charge is 0.160 e. The Balaban J connectivity index is 2.83. The molecule has 18 heavy (non-hydrogen) atoms. The Morgan fingerprint density at radius 2 is 2.11 bits per heavy atom. The van der Waals surface area contributed by atoms with Crippen molar-refractivity contribution in [3.63, 3.8) is 0 Å². The molecule has 0 aromatic carbocycles. The number of rotatable bonds is 7. The number of aromatic nitrogens is 3. The molecule has 1 aromatic rings. The van der Waals surface area contributed by atoms with Gasteiger partial charge in [-0.1, -0.05) is 13.8 Å². The van der Waals surface area contributed by atoms with Gasteiger partial charge in [0, 0.05) is 6.54 Å². The van der Waals surface area contributed by atoms with Crippen LogP contribution in [0.5, 0.6) is 0 Å². The average molecular weight is 252 g/mol. The fourth-order valence-electron chi connectivity index (χ4n) is 1.92. The van der Waals surface area contributed by atoms with Gasteiger partial charge in [0.2, 0.25) is 0 Å². The first-order chi connectivity index (χ1) is 8.45. The zero-order valence-electron chi connectivity index (χ0n) is 12.1. The van der Waals surface area contributed by atoms with E-state index in [2.05, 4.69) is 17.0 Å². The van der Waals surface area contributed by atoms with E-state index in [0.717, 1.165) is 25.2 Å². The maximum absolute atomic E-state index is 12.4. The van der Waals surface area contributed by atoms with Gasteiger partial charge in [-0.2, -0.15) is 5.10 Å². The van der Waals surface area contributed by atoms with Gasteiger partial charge >= 0.3 is 0 Å². The number of carbonyl (C=O) groups excluding carboxylic acids is 1. The van der Waals surface area contributed by atoms with E-state index in [1.165, 1.54) is 6.33 Å². The molecule has 102 valence electrons. The van der Waals surface area contributed by atoms with Crippen LogP contribution in [0.15, 0.2) is 6.33 Å². The van der Waals surface area contributed by atoms with Crippen LogP contribution >= 0.6 is 0 Å². The highest BCUT2D eigenvalue weighted by atomic mass is 16.1. The maximum atomic E-state index is 12.4. The van der Waals surface area contributed by atoms with Crippen LogP contribution in [0.2, 0.25) is 0 Å². The second kappa shape index (κ2) is 6.09. The number of likely N-dealkylation sites (N-methyl/N-ethyl adjacent to an activating group) is 1. The number of hydrogen-bond acceptors (Lipinski definition) is 4. The average Bonchev–Trinajstić information content (AvgIpc) is 2.75. The second-order valence-corrected chi connectivity index (χ2v) is 5.02. The Hall–Kier alpha value is -1.23. The van der Waals surface area contributed by atoms with E-state index in [1.807, 2.05) is 37.5 Å². The first kappa shape index (κ1) is 14.8. The van der Waals surface area contributed by atoms with Crippen LogP contribution in [0.4, 0.5) is 0 Å². The van der Waals surface area contributed by atoms with Crippen molar-refractivity contribution in [2.75, 3.05) is 14.1 Å². The van der Waals surface area contributed by atoms with Crippen LogP contribution in [0, 0.1) is 0 Å². The summed E-state index contributed by atoms with van der Waals surface area (Å²) in [7, 11) is 3.89. The quantitative estimate of drug-likeness (QED) is 0.738. The van der Waals surface area contributed by atoms with Crippen molar-refractivity contribution in [3.8, 4) is 0 Å². The SMILES string of the molecule is CCCn1ncnc1CC(=O)C(C)(CC)N(C)C. The van der Waals surface area contributed by atoms with E-state index in [0.29, 0.717) is 6.42 Å². The van der Waals surface area contributed by atoms with Crippen molar-refractivity contribution in [1.29, 1.82) is 0 Å². The predicted molar refractivity (Wildman–Crippen MR) is 71.4 cm³/mol. The van der Waals surface area contributed by atoms with Gasteiger partial charge in [-0.3, -0.25) is 9.69 Å². The van der Waals surface area contributed by atoms with Crippen LogP contribution in [-0.2, 0) is 17.8 Å². The molecule has 5 nitrogen and oxygen atoms in total. The fourth-order valence-corrected chi connectivity index (χ4v) is 1.92. The molecule has 5 heteroatoms. The number of Topliss-reactive ketones (excluding diaryl/α,β-unsaturated/α-hetero) is 1. The number of hydrogen-bond donors (Lipinski definition) is 0. The Labute approximate surface area is 109 Å². The number of ketones is 1. The zero-order chi connectivity index (χ0) is 13.8. The van der Waals surface area contributed by atoms with Gasteiger partial charge < -0.3 is 0 Å². The molecule has 0 saturated carbocycles. The largest absolute Gasteiger partial charge is 0.297 e. The highest BCUT2D eigenvalue weighted by Gasteiger charge is 2.33. The first-order valence-corrected chi connectivity index (χ1v) is 6.53. The third-order valence-electron chi connectivity index (χ3n) is 3.73. The Morgan fingerprint density at radius 1 is 1.44 bits per heavy atom. The van der Waals surface area contributed by atoms with Crippen LogP contribution in [0.1, 0.15) is 39.4 Å². The van der Waals surface area contributed by atoms with Crippen molar-refractivity contribution in [2.24, 2.45) is 0 Å². The standard InChI is InChI=1S/C13H24N4O/c1-6-8-17-12(14-10-15-17)9-11(18)13(3,7-2)16(4)5/h10H,6-9H2,1-5H3. The molecule has 0 fully saturated rings. The molecule has 0 radical (unpaired) electrons. The Morgan fingerprint density at radius 3 is 2.61 bits per heavy atom. The number of aryl methyl sites for hydroxylation is 1. The zero-order valence-corrected chi connectivity index (χ0v) is 12.1. The predicted octanol–water partition coefficient (Wildman–Crippen LogP) is 1.53. The third-order valence-corrected chi connectivity index (χ3v) is 3.73. The molecule has 0 spiro atoms. The molecular weight excluding hydrogens is 228 g/mol. The summed E-state index contributed by atoms with van der Waals surface area (Å²) in [6.45, 7) is 6.92. The number of carbonyl (C=O) groups is 1. The lowest BCUT2D eigenvalue weighted by molar-refractivity contribution is -0.128. The van der Waals surface area contributed by atoms with Crippen molar-refractivity contribution < 1.29 is 4.79 Å². The first-order valence-electron chi connectivity index (χ1n) is 6.53. The fraction of sp³-hybridized carbons (Fsp3) is 0.769. The minimum Gasteiger partial charge on any atom is -0.297 e. The monoisotopic (exact) mass is 252 g/mol. The van der Waals surface area contributed by atoms with E-state index < -0.39 is 5.54 Å². The summed E-state index contributed by atoms with van der Waals surface area (Å²) in [5, 5.41) is 4.15. The van der Waals surface area contributed by atoms with Gasteiger partial charge in [0.25, 0.3) is 0 Å². The number of nitrogens with zero attached hydrogens (tertiary/aromatic N) is 4. The summed E-state index contributed by atoms with van der Waals surface area (Å²) >= 11 is 0. The molecule has 0 bridgehead atoms. The van der Waals surface area contributed by atoms with Crippen molar-refractivity contribution in [1.82, 2.24) is 19.7 Å². The molecule has 0 aliphatic carbocycles. The van der Waals surface area contributed by atoms with E-state index in [1.54, 1.807) is 0 Å². The molecule has 0 saturated heterocycles. The van der Waals surface area contributed by atoms with Crippen LogP contribution in [-0.4, -0.2) is 45.1 Å². The van der Waals surface area contributed by atoms with Gasteiger partial charge in [0.1, 0.15) is 12.2 Å². The molecular formula is C13H24N4O. The normalized spacial score (nSPS) is 14.8. The van der Waals surface area contributed by atoms with Crippen molar-refractivity contribution in [2.45, 2.75) is 52.1 Å². The van der Waals surface area contributed by atoms with Crippen LogP contribution in [0.3, 0.4) is 0 Å². The minimum absolute atomic E-state index is 0.195. The summed E-state index contributed by atoms with van der Waals surface area (Å²) < 4.78 is 1.82. The summed E-state index contributed by atoms with van der Waals surface area (Å²) in [5.41, 5.74) is -0.428. The molecule has 0 N–H and O–H groups in total. The van der Waals surface area contributed by atoms with Gasteiger partial charge in [-0.15, -0.1) is 0 Å². The van der Waals surface area contributed by atoms with Gasteiger partial charge in [0.15, 0.2) is 5.78 Å². The van der Waals surface area contributed by atoms with Crippen LogP contribution in [0.25, 0.3) is 0 Å². The lowest BCUT2D eigenvalue weighted by Crippen LogP contribution is -2.49. The van der Waals surface area contributed by atoms with Crippen molar-refractivity contribution >= 4 is 5.78 Å². The molecule has 0 amide bonds. The molecule has 1 rings (SSSR count). The molecule has 1 aromatic heterocycles. The highest BCUT2D eigenvalue weighted by Crippen LogP contribution is 2.19. The topological polar surface area (TPSA) is 51.0 Å². The summed E-state index contributed by atoms with van der Waals surface area (Å²) in [4.78, 5) is 18.6. The summed E-state index contributed by atoms with van der Waals surface area (Å²) in [6.07, 6.45) is 3.66. The Bertz CT molecular complexity index is 399. The van der Waals surface area contributed by atoms with E-state index in [-0.39, 0.29) is 5.78 Å². The molecule has 1 heterocycles. The van der Waals surface area contributed by atoms with Gasteiger partial charge in [-0.05, 0) is 33.9 Å². The molecule has 1 atom stereocenters. The highest BCUT2D eigenvalue weighted by molar-refractivity contribution is 5.89. The Kier molecular flexibility index (Phi) is 5.02. The van der Waals surface area contributed by atoms with E-state index in [9.17, 15) is 4.79 Å². The van der Waals surface area contributed by atoms with Crippen molar-refractivity contribution in [3.05, 3.63) is 12.2 Å². The maximum Gasteiger partial charge on any atom is 0.160 e. The minimum atomic E-state index is -0.428.